The average Bonchev–Trinajstić information content (AvgIpc) is 3.55. The number of Topliss-reactive ketones (excluding diaryl/α,β-unsaturated/α-hetero) is 1. The monoisotopic (exact) mass is 662 g/mol. The van der Waals surface area contributed by atoms with Crippen LogP contribution in [0.2, 0.25) is 0 Å². The van der Waals surface area contributed by atoms with Crippen LogP contribution in [0, 0.1) is 6.92 Å². The topological polar surface area (TPSA) is 101 Å². The van der Waals surface area contributed by atoms with E-state index in [2.05, 4.69) is 14.6 Å². The molecule has 0 saturated carbocycles. The number of carbonyl (C=O) groups excluding carboxylic acids is 1. The third-order valence-corrected chi connectivity index (χ3v) is 9.09. The quantitative estimate of drug-likeness (QED) is 0.132. The number of hydrogen-bond donors (Lipinski definition) is 0. The fourth-order valence-electron chi connectivity index (χ4n) is 5.02. The molecule has 0 N–H and O–H groups in total. The zero-order chi connectivity index (χ0) is 33.3. The molecular weight excluding hydrogens is 635 g/mol. The molecule has 3 aromatic carbocycles. The Bertz CT molecular complexity index is 1940. The van der Waals surface area contributed by atoms with Crippen LogP contribution >= 0.6 is 0 Å². The van der Waals surface area contributed by atoms with E-state index >= 15 is 0 Å². The Hall–Kier alpha value is -4.72. The fourth-order valence-corrected chi connectivity index (χ4v) is 6.92. The van der Waals surface area contributed by atoms with Gasteiger partial charge in [0.2, 0.25) is 0 Å². The molecular formula is C32H27F5N2O6S. The van der Waals surface area contributed by atoms with Gasteiger partial charge in [-0.15, -0.1) is 13.2 Å². The van der Waals surface area contributed by atoms with E-state index in [9.17, 15) is 35.2 Å². The summed E-state index contributed by atoms with van der Waals surface area (Å²) >= 11 is 0. The van der Waals surface area contributed by atoms with Gasteiger partial charge < -0.3 is 18.6 Å². The second kappa shape index (κ2) is 12.6. The summed E-state index contributed by atoms with van der Waals surface area (Å²) in [5, 5.41) is 2.51. The summed E-state index contributed by atoms with van der Waals surface area (Å²) in [7, 11) is -4.42. The highest BCUT2D eigenvalue weighted by molar-refractivity contribution is 7.93. The molecule has 5 rings (SSSR count). The predicted octanol–water partition coefficient (Wildman–Crippen LogP) is 7.07. The van der Waals surface area contributed by atoms with Crippen LogP contribution in [-0.2, 0) is 34.0 Å². The van der Waals surface area contributed by atoms with Gasteiger partial charge in [-0.25, -0.2) is 8.42 Å². The van der Waals surface area contributed by atoms with Gasteiger partial charge in [0.05, 0.1) is 17.0 Å². The van der Waals surface area contributed by atoms with Crippen LogP contribution in [0.25, 0.3) is 10.9 Å². The van der Waals surface area contributed by atoms with E-state index in [1.807, 2.05) is 0 Å². The first-order chi connectivity index (χ1) is 21.6. The van der Waals surface area contributed by atoms with Gasteiger partial charge in [-0.3, -0.25) is 4.79 Å². The first kappa shape index (κ1) is 32.7. The van der Waals surface area contributed by atoms with E-state index in [1.165, 1.54) is 36.5 Å². The lowest BCUT2D eigenvalue weighted by atomic mass is 10.0. The lowest BCUT2D eigenvalue weighted by Crippen LogP contribution is -2.34. The summed E-state index contributed by atoms with van der Waals surface area (Å²) in [5.74, 6) is -0.803. The highest BCUT2D eigenvalue weighted by atomic mass is 32.2. The Labute approximate surface area is 260 Å². The van der Waals surface area contributed by atoms with E-state index < -0.39 is 39.1 Å². The number of ketones is 1. The standard InChI is InChI=1S/C32H27F5N2O6S/c1-20-15-23(38-45-20)17-28(40)29(16-21-7-11-25(12-8-21)44-32(35,36)37)46(41,42)30-19-39(27-6-4-3-5-26(27)30)18-22-9-13-24(14-10-22)43-31(2,33)34/h3-15,19,29H,16-18H2,1-2H3. The number of carbonyl (C=O) groups is 1. The average molecular weight is 663 g/mol. The molecule has 0 aliphatic heterocycles. The summed E-state index contributed by atoms with van der Waals surface area (Å²) in [6.07, 6.45) is -7.56. The molecule has 0 aliphatic rings. The molecule has 0 radical (unpaired) electrons. The number of alkyl halides is 5. The van der Waals surface area contributed by atoms with Crippen molar-refractivity contribution in [3.63, 3.8) is 0 Å². The Morgan fingerprint density at radius 1 is 0.913 bits per heavy atom. The number of halogens is 5. The zero-order valence-corrected chi connectivity index (χ0v) is 25.2. The van der Waals surface area contributed by atoms with Gasteiger partial charge in [-0.1, -0.05) is 47.6 Å². The van der Waals surface area contributed by atoms with Crippen LogP contribution in [0.5, 0.6) is 11.5 Å². The molecule has 0 amide bonds. The molecule has 0 aliphatic carbocycles. The normalized spacial score (nSPS) is 13.1. The van der Waals surface area contributed by atoms with Crippen molar-refractivity contribution in [3.8, 4) is 11.5 Å². The number of rotatable bonds is 12. The van der Waals surface area contributed by atoms with Crippen LogP contribution in [-0.4, -0.2) is 41.6 Å². The van der Waals surface area contributed by atoms with Crippen molar-refractivity contribution in [3.05, 3.63) is 108 Å². The van der Waals surface area contributed by atoms with Crippen LogP contribution in [0.4, 0.5) is 22.0 Å². The first-order valence-corrected chi connectivity index (χ1v) is 15.4. The smallest absolute Gasteiger partial charge is 0.433 e. The van der Waals surface area contributed by atoms with Crippen molar-refractivity contribution >= 4 is 26.5 Å². The molecule has 14 heteroatoms. The summed E-state index contributed by atoms with van der Waals surface area (Å²) < 4.78 is 108. The Morgan fingerprint density at radius 2 is 1.52 bits per heavy atom. The van der Waals surface area contributed by atoms with E-state index in [4.69, 9.17) is 4.52 Å². The number of aromatic nitrogens is 2. The number of aryl methyl sites for hydroxylation is 1. The molecule has 0 spiro atoms. The molecule has 2 heterocycles. The minimum atomic E-state index is -4.91. The maximum atomic E-state index is 14.3. The number of para-hydroxylation sites is 1. The Balaban J connectivity index is 1.50. The van der Waals surface area contributed by atoms with Gasteiger partial charge in [0, 0.05) is 36.6 Å². The van der Waals surface area contributed by atoms with Gasteiger partial charge in [0.25, 0.3) is 0 Å². The van der Waals surface area contributed by atoms with Gasteiger partial charge in [-0.05, 0) is 54.8 Å². The van der Waals surface area contributed by atoms with Crippen molar-refractivity contribution in [1.82, 2.24) is 9.72 Å². The van der Waals surface area contributed by atoms with E-state index in [1.54, 1.807) is 47.9 Å². The van der Waals surface area contributed by atoms with Crippen molar-refractivity contribution in [2.75, 3.05) is 0 Å². The minimum absolute atomic E-state index is 0.0430. The highest BCUT2D eigenvalue weighted by Gasteiger charge is 2.37. The minimum Gasteiger partial charge on any atom is -0.433 e. The number of fused-ring (bicyclic) bond motifs is 1. The van der Waals surface area contributed by atoms with Gasteiger partial charge >= 0.3 is 12.5 Å². The van der Waals surface area contributed by atoms with E-state index in [-0.39, 0.29) is 41.3 Å². The summed E-state index contributed by atoms with van der Waals surface area (Å²) in [5.41, 5.74) is 1.71. The summed E-state index contributed by atoms with van der Waals surface area (Å²) in [6, 6.07) is 18.7. The molecule has 1 unspecified atom stereocenters. The maximum Gasteiger partial charge on any atom is 0.573 e. The van der Waals surface area contributed by atoms with Gasteiger partial charge in [0.15, 0.2) is 15.6 Å². The predicted molar refractivity (Wildman–Crippen MR) is 156 cm³/mol. The number of sulfone groups is 1. The first-order valence-electron chi connectivity index (χ1n) is 13.8. The van der Waals surface area contributed by atoms with Crippen LogP contribution in [0.1, 0.15) is 29.5 Å². The molecule has 5 aromatic rings. The lowest BCUT2D eigenvalue weighted by molar-refractivity contribution is -0.274. The van der Waals surface area contributed by atoms with Crippen molar-refractivity contribution in [2.24, 2.45) is 0 Å². The second-order valence-corrected chi connectivity index (χ2v) is 12.8. The SMILES string of the molecule is Cc1cc(CC(=O)C(Cc2ccc(OC(F)(F)F)cc2)S(=O)(=O)c2cn(Cc3ccc(OC(C)(F)F)cc3)c3ccccc23)no1. The van der Waals surface area contributed by atoms with E-state index in [0.717, 1.165) is 12.1 Å². The molecule has 0 saturated heterocycles. The molecule has 8 nitrogen and oxygen atoms in total. The largest absolute Gasteiger partial charge is 0.573 e. The molecule has 0 bridgehead atoms. The van der Waals surface area contributed by atoms with Crippen molar-refractivity contribution < 1.29 is 49.2 Å². The molecule has 0 fully saturated rings. The zero-order valence-electron chi connectivity index (χ0n) is 24.4. The van der Waals surface area contributed by atoms with Crippen LogP contribution in [0.3, 0.4) is 0 Å². The number of benzene rings is 3. The third-order valence-electron chi connectivity index (χ3n) is 6.98. The van der Waals surface area contributed by atoms with Gasteiger partial charge in [0.1, 0.15) is 22.5 Å². The highest BCUT2D eigenvalue weighted by Crippen LogP contribution is 2.32. The second-order valence-electron chi connectivity index (χ2n) is 10.7. The van der Waals surface area contributed by atoms with Crippen molar-refractivity contribution in [2.45, 2.75) is 55.9 Å². The Kier molecular flexibility index (Phi) is 8.94. The van der Waals surface area contributed by atoms with Crippen molar-refractivity contribution in [1.29, 1.82) is 0 Å². The Morgan fingerprint density at radius 3 is 2.11 bits per heavy atom. The molecule has 1 atom stereocenters. The molecule has 46 heavy (non-hydrogen) atoms. The van der Waals surface area contributed by atoms with Gasteiger partial charge in [-0.2, -0.15) is 8.78 Å². The fraction of sp³-hybridized carbons (Fsp3) is 0.250. The van der Waals surface area contributed by atoms with Crippen LogP contribution < -0.4 is 9.47 Å². The molecule has 242 valence electrons. The molecule has 2 aromatic heterocycles. The lowest BCUT2D eigenvalue weighted by Gasteiger charge is -2.17. The third kappa shape index (κ3) is 7.91. The number of ether oxygens (including phenoxy) is 2. The van der Waals surface area contributed by atoms with Crippen LogP contribution in [0.15, 0.2) is 94.5 Å². The summed E-state index contributed by atoms with van der Waals surface area (Å²) in [6.45, 7) is 2.40. The number of nitrogens with zero attached hydrogens (tertiary/aromatic N) is 2. The van der Waals surface area contributed by atoms with E-state index in [0.29, 0.717) is 29.2 Å². The summed E-state index contributed by atoms with van der Waals surface area (Å²) in [4.78, 5) is 13.5. The maximum absolute atomic E-state index is 14.3. The number of hydrogen-bond acceptors (Lipinski definition) is 7.